The Kier molecular flexibility index (Phi) is 5.43. The molecule has 0 fully saturated rings. The Morgan fingerprint density at radius 1 is 1.10 bits per heavy atom. The fraction of sp³-hybridized carbons (Fsp3) is 0.467. The van der Waals surface area contributed by atoms with E-state index in [-0.39, 0.29) is 6.79 Å². The lowest BCUT2D eigenvalue weighted by molar-refractivity contribution is -0.136. The van der Waals surface area contributed by atoms with Crippen molar-refractivity contribution in [3.63, 3.8) is 0 Å². The summed E-state index contributed by atoms with van der Waals surface area (Å²) in [5, 5.41) is 5.14. The van der Waals surface area contributed by atoms with Crippen molar-refractivity contribution < 1.29 is 19.1 Å². The minimum absolute atomic E-state index is 0.172. The number of fused-ring (bicyclic) bond motifs is 1. The molecule has 6 heteroatoms. The maximum absolute atomic E-state index is 11.7. The highest BCUT2D eigenvalue weighted by atomic mass is 16.7. The third-order valence-electron chi connectivity index (χ3n) is 3.15. The Morgan fingerprint density at radius 3 is 2.71 bits per heavy atom. The number of amides is 2. The van der Waals surface area contributed by atoms with Crippen molar-refractivity contribution in [3.8, 4) is 11.5 Å². The number of rotatable bonds is 6. The molecule has 0 spiro atoms. The van der Waals surface area contributed by atoms with Gasteiger partial charge < -0.3 is 20.1 Å². The second-order valence-electron chi connectivity index (χ2n) is 4.84. The van der Waals surface area contributed by atoms with Gasteiger partial charge in [0.2, 0.25) is 6.79 Å². The average Bonchev–Trinajstić information content (AvgIpc) is 2.94. The molecule has 0 aromatic heterocycles. The summed E-state index contributed by atoms with van der Waals surface area (Å²) in [7, 11) is 0. The lowest BCUT2D eigenvalue weighted by atomic mass is 10.2. The van der Waals surface area contributed by atoms with Crippen LogP contribution >= 0.6 is 0 Å². The minimum Gasteiger partial charge on any atom is -0.454 e. The van der Waals surface area contributed by atoms with Crippen LogP contribution in [-0.4, -0.2) is 25.2 Å². The van der Waals surface area contributed by atoms with Crippen molar-refractivity contribution in [2.75, 3.05) is 18.7 Å². The van der Waals surface area contributed by atoms with E-state index < -0.39 is 11.8 Å². The molecule has 114 valence electrons. The highest BCUT2D eigenvalue weighted by molar-refractivity contribution is 6.39. The Bertz CT molecular complexity index is 516. The van der Waals surface area contributed by atoms with Gasteiger partial charge in [-0.05, 0) is 18.6 Å². The molecule has 0 bridgehead atoms. The highest BCUT2D eigenvalue weighted by Gasteiger charge is 2.16. The first-order valence-corrected chi connectivity index (χ1v) is 7.19. The molecule has 0 saturated carbocycles. The van der Waals surface area contributed by atoms with Gasteiger partial charge in [0.25, 0.3) is 0 Å². The van der Waals surface area contributed by atoms with Gasteiger partial charge in [-0.3, -0.25) is 9.59 Å². The van der Waals surface area contributed by atoms with Crippen molar-refractivity contribution >= 4 is 17.5 Å². The van der Waals surface area contributed by atoms with Gasteiger partial charge in [-0.25, -0.2) is 0 Å². The van der Waals surface area contributed by atoms with Gasteiger partial charge in [0.05, 0.1) is 0 Å². The minimum atomic E-state index is -0.677. The molecule has 0 atom stereocenters. The van der Waals surface area contributed by atoms with Crippen LogP contribution in [0, 0.1) is 0 Å². The molecule has 1 heterocycles. The van der Waals surface area contributed by atoms with Crippen LogP contribution in [0.5, 0.6) is 11.5 Å². The molecular weight excluding hydrogens is 272 g/mol. The Hall–Kier alpha value is -2.24. The van der Waals surface area contributed by atoms with E-state index in [9.17, 15) is 9.59 Å². The lowest BCUT2D eigenvalue weighted by Gasteiger charge is -2.07. The standard InChI is InChI=1S/C15H20N2O4/c1-2-3-4-5-8-16-14(18)15(19)17-11-6-7-12-13(9-11)21-10-20-12/h6-7,9H,2-5,8,10H2,1H3,(H,16,18)(H,17,19). The first-order chi connectivity index (χ1) is 10.2. The quantitative estimate of drug-likeness (QED) is 0.621. The monoisotopic (exact) mass is 292 g/mol. The maximum Gasteiger partial charge on any atom is 0.313 e. The van der Waals surface area contributed by atoms with E-state index in [2.05, 4.69) is 17.6 Å². The van der Waals surface area contributed by atoms with Crippen molar-refractivity contribution in [2.24, 2.45) is 0 Å². The van der Waals surface area contributed by atoms with Crippen LogP contribution in [0.1, 0.15) is 32.6 Å². The van der Waals surface area contributed by atoms with Gasteiger partial charge in [0, 0.05) is 18.3 Å². The summed E-state index contributed by atoms with van der Waals surface area (Å²) in [6.07, 6.45) is 4.22. The summed E-state index contributed by atoms with van der Waals surface area (Å²) in [4.78, 5) is 23.4. The molecule has 1 aliphatic heterocycles. The first kappa shape index (κ1) is 15.2. The summed E-state index contributed by atoms with van der Waals surface area (Å²) < 4.78 is 10.4. The number of ether oxygens (including phenoxy) is 2. The normalized spacial score (nSPS) is 12.0. The van der Waals surface area contributed by atoms with E-state index in [1.807, 2.05) is 0 Å². The molecule has 0 aliphatic carbocycles. The van der Waals surface area contributed by atoms with E-state index in [0.29, 0.717) is 23.7 Å². The van der Waals surface area contributed by atoms with Crippen molar-refractivity contribution in [3.05, 3.63) is 18.2 Å². The van der Waals surface area contributed by atoms with E-state index >= 15 is 0 Å². The average molecular weight is 292 g/mol. The lowest BCUT2D eigenvalue weighted by Crippen LogP contribution is -2.35. The third-order valence-corrected chi connectivity index (χ3v) is 3.15. The van der Waals surface area contributed by atoms with Gasteiger partial charge >= 0.3 is 11.8 Å². The van der Waals surface area contributed by atoms with E-state index in [1.165, 1.54) is 0 Å². The van der Waals surface area contributed by atoms with Crippen molar-refractivity contribution in [1.29, 1.82) is 0 Å². The highest BCUT2D eigenvalue weighted by Crippen LogP contribution is 2.34. The SMILES string of the molecule is CCCCCCNC(=O)C(=O)Nc1ccc2c(c1)OCO2. The molecule has 21 heavy (non-hydrogen) atoms. The van der Waals surface area contributed by atoms with E-state index in [4.69, 9.17) is 9.47 Å². The number of anilines is 1. The molecule has 6 nitrogen and oxygen atoms in total. The second kappa shape index (κ2) is 7.52. The van der Waals surface area contributed by atoms with Crippen LogP contribution in [0.2, 0.25) is 0 Å². The smallest absolute Gasteiger partial charge is 0.313 e. The molecule has 2 rings (SSSR count). The number of nitrogens with one attached hydrogen (secondary N) is 2. The largest absolute Gasteiger partial charge is 0.454 e. The van der Waals surface area contributed by atoms with Crippen molar-refractivity contribution in [1.82, 2.24) is 5.32 Å². The molecule has 1 aromatic rings. The van der Waals surface area contributed by atoms with E-state index in [1.54, 1.807) is 18.2 Å². The molecule has 2 amide bonds. The zero-order valence-electron chi connectivity index (χ0n) is 12.1. The fourth-order valence-electron chi connectivity index (χ4n) is 2.00. The van der Waals surface area contributed by atoms with Crippen LogP contribution in [-0.2, 0) is 9.59 Å². The number of hydrogen-bond acceptors (Lipinski definition) is 4. The van der Waals surface area contributed by atoms with Crippen molar-refractivity contribution in [2.45, 2.75) is 32.6 Å². The van der Waals surface area contributed by atoms with Crippen LogP contribution in [0.4, 0.5) is 5.69 Å². The maximum atomic E-state index is 11.7. The zero-order chi connectivity index (χ0) is 15.1. The number of unbranched alkanes of at least 4 members (excludes halogenated alkanes) is 3. The van der Waals surface area contributed by atoms with Gasteiger partial charge in [0.15, 0.2) is 11.5 Å². The number of carbonyl (C=O) groups is 2. The Labute approximate surface area is 123 Å². The molecule has 0 radical (unpaired) electrons. The summed E-state index contributed by atoms with van der Waals surface area (Å²) in [6.45, 7) is 2.82. The third kappa shape index (κ3) is 4.37. The molecule has 1 aromatic carbocycles. The number of carbonyl (C=O) groups excluding carboxylic acids is 2. The molecule has 0 unspecified atom stereocenters. The molecular formula is C15H20N2O4. The Balaban J connectivity index is 1.77. The predicted molar refractivity (Wildman–Crippen MR) is 78.3 cm³/mol. The fourth-order valence-corrected chi connectivity index (χ4v) is 2.00. The topological polar surface area (TPSA) is 76.7 Å². The second-order valence-corrected chi connectivity index (χ2v) is 4.84. The van der Waals surface area contributed by atoms with E-state index in [0.717, 1.165) is 25.7 Å². The molecule has 2 N–H and O–H groups in total. The zero-order valence-corrected chi connectivity index (χ0v) is 12.1. The number of benzene rings is 1. The summed E-state index contributed by atoms with van der Waals surface area (Å²) in [5.74, 6) is -0.102. The summed E-state index contributed by atoms with van der Waals surface area (Å²) >= 11 is 0. The van der Waals surface area contributed by atoms with Crippen LogP contribution in [0.25, 0.3) is 0 Å². The van der Waals surface area contributed by atoms with Gasteiger partial charge in [-0.1, -0.05) is 26.2 Å². The predicted octanol–water partition coefficient (Wildman–Crippen LogP) is 2.05. The van der Waals surface area contributed by atoms with Crippen LogP contribution in [0.3, 0.4) is 0 Å². The van der Waals surface area contributed by atoms with Gasteiger partial charge in [0.1, 0.15) is 0 Å². The van der Waals surface area contributed by atoms with Crippen LogP contribution in [0.15, 0.2) is 18.2 Å². The van der Waals surface area contributed by atoms with Crippen LogP contribution < -0.4 is 20.1 Å². The Morgan fingerprint density at radius 2 is 1.90 bits per heavy atom. The van der Waals surface area contributed by atoms with Gasteiger partial charge in [-0.15, -0.1) is 0 Å². The first-order valence-electron chi connectivity index (χ1n) is 7.19. The summed E-state index contributed by atoms with van der Waals surface area (Å²) in [6, 6.07) is 5.00. The summed E-state index contributed by atoms with van der Waals surface area (Å²) in [5.41, 5.74) is 0.505. The molecule has 0 saturated heterocycles. The van der Waals surface area contributed by atoms with Gasteiger partial charge in [-0.2, -0.15) is 0 Å². The molecule has 1 aliphatic rings. The number of hydrogen-bond donors (Lipinski definition) is 2.